The van der Waals surface area contributed by atoms with Crippen molar-refractivity contribution in [2.24, 2.45) is 4.99 Å². The summed E-state index contributed by atoms with van der Waals surface area (Å²) in [5, 5.41) is 0.793. The van der Waals surface area contributed by atoms with Crippen LogP contribution < -0.4 is 4.90 Å². The summed E-state index contributed by atoms with van der Waals surface area (Å²) in [6.45, 7) is 5.14. The molecule has 3 aromatic rings. The van der Waals surface area contributed by atoms with Gasteiger partial charge in [-0.1, -0.05) is 24.3 Å². The average Bonchev–Trinajstić information content (AvgIpc) is 3.33. The molecule has 3 heterocycles. The minimum atomic E-state index is -0.646. The first-order valence-electron chi connectivity index (χ1n) is 11.8. The van der Waals surface area contributed by atoms with Gasteiger partial charge in [0.25, 0.3) is 11.9 Å². The van der Waals surface area contributed by atoms with Gasteiger partial charge in [-0.2, -0.15) is 4.99 Å². The number of para-hydroxylation sites is 1. The highest BCUT2D eigenvalue weighted by molar-refractivity contribution is 7.16. The average molecular weight is 512 g/mol. The summed E-state index contributed by atoms with van der Waals surface area (Å²) >= 11 is 1.52. The molecule has 0 atom stereocenters. The van der Waals surface area contributed by atoms with Crippen molar-refractivity contribution in [3.05, 3.63) is 75.8 Å². The SMILES string of the molecule is COC(=Nc1ccccc1C)N1CCN(c2nc3c(s2)CCN(Cc2c(F)cccc2F)C3=O)CC1. The third kappa shape index (κ3) is 4.77. The van der Waals surface area contributed by atoms with E-state index in [2.05, 4.69) is 14.8 Å². The van der Waals surface area contributed by atoms with Gasteiger partial charge >= 0.3 is 0 Å². The predicted molar refractivity (Wildman–Crippen MR) is 136 cm³/mol. The van der Waals surface area contributed by atoms with Crippen molar-refractivity contribution in [1.29, 1.82) is 0 Å². The Balaban J connectivity index is 1.26. The van der Waals surface area contributed by atoms with E-state index in [1.165, 1.54) is 34.4 Å². The summed E-state index contributed by atoms with van der Waals surface area (Å²) in [7, 11) is 1.63. The third-order valence-corrected chi connectivity index (χ3v) is 7.71. The minimum absolute atomic E-state index is 0.0952. The molecule has 1 aromatic heterocycles. The standard InChI is InChI=1S/C26H27F2N5O2S/c1-17-6-3-4-9-21(17)29-25(35-2)31-12-14-32(15-13-31)26-30-23-22(36-26)10-11-33(24(23)34)16-18-19(27)7-5-8-20(18)28/h3-9H,10-16H2,1-2H3. The first-order chi connectivity index (χ1) is 17.4. The molecule has 0 aliphatic carbocycles. The fourth-order valence-electron chi connectivity index (χ4n) is 4.45. The molecule has 0 N–H and O–H groups in total. The fraction of sp³-hybridized carbons (Fsp3) is 0.346. The van der Waals surface area contributed by atoms with Gasteiger partial charge < -0.3 is 19.4 Å². The van der Waals surface area contributed by atoms with Crippen LogP contribution in [-0.2, 0) is 17.7 Å². The van der Waals surface area contributed by atoms with Crippen molar-refractivity contribution in [2.45, 2.75) is 19.9 Å². The molecular weight excluding hydrogens is 484 g/mol. The summed E-state index contributed by atoms with van der Waals surface area (Å²) in [6, 6.07) is 12.2. The molecule has 1 amide bonds. The van der Waals surface area contributed by atoms with Gasteiger partial charge in [0, 0.05) is 49.6 Å². The maximum absolute atomic E-state index is 14.1. The van der Waals surface area contributed by atoms with Crippen LogP contribution in [0.1, 0.15) is 26.5 Å². The Kier molecular flexibility index (Phi) is 6.86. The second-order valence-corrected chi connectivity index (χ2v) is 9.87. The topological polar surface area (TPSA) is 61.3 Å². The monoisotopic (exact) mass is 511 g/mol. The normalized spacial score (nSPS) is 16.4. The molecule has 2 aliphatic heterocycles. The van der Waals surface area contributed by atoms with Gasteiger partial charge in [-0.3, -0.25) is 4.79 Å². The summed E-state index contributed by atoms with van der Waals surface area (Å²) < 4.78 is 33.8. The van der Waals surface area contributed by atoms with Crippen LogP contribution in [0.2, 0.25) is 0 Å². The van der Waals surface area contributed by atoms with Crippen LogP contribution in [0.3, 0.4) is 0 Å². The summed E-state index contributed by atoms with van der Waals surface area (Å²) in [5.41, 5.74) is 2.25. The van der Waals surface area contributed by atoms with Gasteiger partial charge in [0.05, 0.1) is 19.3 Å². The number of hydrogen-bond donors (Lipinski definition) is 0. The van der Waals surface area contributed by atoms with E-state index in [0.29, 0.717) is 50.9 Å². The summed E-state index contributed by atoms with van der Waals surface area (Å²) in [4.78, 5) is 29.1. The van der Waals surface area contributed by atoms with Crippen LogP contribution in [0.25, 0.3) is 0 Å². The molecule has 2 aliphatic rings. The molecule has 1 saturated heterocycles. The van der Waals surface area contributed by atoms with Crippen molar-refractivity contribution in [2.75, 3.05) is 44.7 Å². The Hall–Kier alpha value is -3.53. The Morgan fingerprint density at radius 1 is 1.06 bits per heavy atom. The van der Waals surface area contributed by atoms with E-state index in [9.17, 15) is 13.6 Å². The molecule has 2 aromatic carbocycles. The maximum Gasteiger partial charge on any atom is 0.292 e. The quantitative estimate of drug-likeness (QED) is 0.384. The van der Waals surface area contributed by atoms with Crippen molar-refractivity contribution in [1.82, 2.24) is 14.8 Å². The molecule has 10 heteroatoms. The van der Waals surface area contributed by atoms with Crippen LogP contribution in [0.5, 0.6) is 0 Å². The number of carbonyl (C=O) groups is 1. The van der Waals surface area contributed by atoms with E-state index >= 15 is 0 Å². The van der Waals surface area contributed by atoms with E-state index in [-0.39, 0.29) is 18.0 Å². The molecule has 7 nitrogen and oxygen atoms in total. The van der Waals surface area contributed by atoms with E-state index in [1.807, 2.05) is 31.2 Å². The molecule has 5 rings (SSSR count). The van der Waals surface area contributed by atoms with Crippen molar-refractivity contribution >= 4 is 34.1 Å². The number of hydrogen-bond acceptors (Lipinski definition) is 6. The van der Waals surface area contributed by atoms with Gasteiger partial charge in [0.1, 0.15) is 17.3 Å². The van der Waals surface area contributed by atoms with Gasteiger partial charge in [-0.05, 0) is 30.7 Å². The molecule has 188 valence electrons. The zero-order valence-corrected chi connectivity index (χ0v) is 21.0. The number of carbonyl (C=O) groups excluding carboxylic acids is 1. The lowest BCUT2D eigenvalue weighted by Gasteiger charge is -2.35. The van der Waals surface area contributed by atoms with Crippen LogP contribution in [0.4, 0.5) is 19.6 Å². The van der Waals surface area contributed by atoms with E-state index < -0.39 is 11.6 Å². The van der Waals surface area contributed by atoms with Gasteiger partial charge in [-0.15, -0.1) is 11.3 Å². The Morgan fingerprint density at radius 2 is 1.78 bits per heavy atom. The number of ether oxygens (including phenoxy) is 1. The smallest absolute Gasteiger partial charge is 0.292 e. The lowest BCUT2D eigenvalue weighted by atomic mass is 10.1. The van der Waals surface area contributed by atoms with Gasteiger partial charge in [0.15, 0.2) is 5.13 Å². The van der Waals surface area contributed by atoms with Crippen LogP contribution >= 0.6 is 11.3 Å². The number of aliphatic imine (C=N–C) groups is 1. The highest BCUT2D eigenvalue weighted by atomic mass is 32.1. The number of halogens is 2. The zero-order valence-electron chi connectivity index (χ0n) is 20.2. The number of aryl methyl sites for hydroxylation is 1. The second kappa shape index (κ2) is 10.2. The molecule has 0 spiro atoms. The fourth-order valence-corrected chi connectivity index (χ4v) is 5.54. The van der Waals surface area contributed by atoms with Crippen molar-refractivity contribution in [3.8, 4) is 0 Å². The molecule has 0 bridgehead atoms. The van der Waals surface area contributed by atoms with Crippen LogP contribution in [0, 0.1) is 18.6 Å². The number of benzene rings is 2. The summed E-state index contributed by atoms with van der Waals surface area (Å²) in [5.74, 6) is -1.58. The molecule has 0 radical (unpaired) electrons. The number of fused-ring (bicyclic) bond motifs is 1. The Labute approximate surface area is 212 Å². The predicted octanol–water partition coefficient (Wildman–Crippen LogP) is 4.38. The van der Waals surface area contributed by atoms with Crippen LogP contribution in [-0.4, -0.2) is 66.5 Å². The number of piperazine rings is 1. The van der Waals surface area contributed by atoms with Gasteiger partial charge in [-0.25, -0.2) is 13.8 Å². The van der Waals surface area contributed by atoms with Crippen molar-refractivity contribution < 1.29 is 18.3 Å². The first-order valence-corrected chi connectivity index (χ1v) is 12.7. The molecule has 0 saturated carbocycles. The molecule has 36 heavy (non-hydrogen) atoms. The molecule has 0 unspecified atom stereocenters. The van der Waals surface area contributed by atoms with Gasteiger partial charge in [0.2, 0.25) is 0 Å². The summed E-state index contributed by atoms with van der Waals surface area (Å²) in [6.07, 6.45) is 0.617. The highest BCUT2D eigenvalue weighted by Gasteiger charge is 2.32. The lowest BCUT2D eigenvalue weighted by Crippen LogP contribution is -2.49. The lowest BCUT2D eigenvalue weighted by molar-refractivity contribution is 0.0719. The maximum atomic E-state index is 14.1. The van der Waals surface area contributed by atoms with Crippen LogP contribution in [0.15, 0.2) is 47.5 Å². The number of thiazole rings is 1. The second-order valence-electron chi connectivity index (χ2n) is 8.80. The molecular formula is C26H27F2N5O2S. The van der Waals surface area contributed by atoms with E-state index in [4.69, 9.17) is 9.73 Å². The van der Waals surface area contributed by atoms with Crippen molar-refractivity contribution in [3.63, 3.8) is 0 Å². The Bertz CT molecular complexity index is 1280. The van der Waals surface area contributed by atoms with E-state index in [0.717, 1.165) is 21.3 Å². The number of aromatic nitrogens is 1. The molecule has 1 fully saturated rings. The number of methoxy groups -OCH3 is 1. The number of nitrogens with zero attached hydrogens (tertiary/aromatic N) is 5. The number of amidine groups is 1. The number of rotatable bonds is 4. The minimum Gasteiger partial charge on any atom is -0.468 e. The largest absolute Gasteiger partial charge is 0.468 e. The third-order valence-electron chi connectivity index (χ3n) is 6.53. The van der Waals surface area contributed by atoms with E-state index in [1.54, 1.807) is 7.11 Å². The zero-order chi connectivity index (χ0) is 25.2. The first kappa shape index (κ1) is 24.2. The number of anilines is 1. The number of amides is 1. The Morgan fingerprint density at radius 3 is 2.47 bits per heavy atom. The highest BCUT2D eigenvalue weighted by Crippen LogP contribution is 2.32.